The number of carbonyl (C=O) groups is 2. The average molecular weight is 372 g/mol. The van der Waals surface area contributed by atoms with Crippen LogP contribution in [0.4, 0.5) is 0 Å². The Kier molecular flexibility index (Phi) is 6.02. The molecule has 0 aliphatic heterocycles. The highest BCUT2D eigenvalue weighted by Crippen LogP contribution is 2.17. The van der Waals surface area contributed by atoms with Crippen molar-refractivity contribution in [3.8, 4) is 11.5 Å². The van der Waals surface area contributed by atoms with E-state index in [0.29, 0.717) is 22.6 Å². The summed E-state index contributed by atoms with van der Waals surface area (Å²) in [5.74, 6) is 0.603. The summed E-state index contributed by atoms with van der Waals surface area (Å²) in [6.07, 6.45) is 3.26. The number of hydrogen-bond donors (Lipinski definition) is 0. The Morgan fingerprint density at radius 3 is 1.93 bits per heavy atom. The Labute approximate surface area is 164 Å². The molecule has 0 aromatic heterocycles. The Morgan fingerprint density at radius 2 is 1.32 bits per heavy atom. The van der Waals surface area contributed by atoms with Gasteiger partial charge in [0, 0.05) is 5.56 Å². The minimum absolute atomic E-state index is 0.0602. The maximum absolute atomic E-state index is 12.2. The summed E-state index contributed by atoms with van der Waals surface area (Å²) in [4.78, 5) is 24.4. The summed E-state index contributed by atoms with van der Waals surface area (Å²) >= 11 is 0. The zero-order valence-electron chi connectivity index (χ0n) is 15.7. The lowest BCUT2D eigenvalue weighted by molar-refractivity contribution is 0.0734. The van der Waals surface area contributed by atoms with E-state index < -0.39 is 5.97 Å². The van der Waals surface area contributed by atoms with Crippen molar-refractivity contribution in [1.82, 2.24) is 0 Å². The first-order valence-electron chi connectivity index (χ1n) is 8.80. The van der Waals surface area contributed by atoms with Gasteiger partial charge in [0.05, 0.1) is 12.7 Å². The van der Waals surface area contributed by atoms with Crippen molar-refractivity contribution >= 4 is 17.8 Å². The Balaban J connectivity index is 1.61. The second kappa shape index (κ2) is 8.82. The summed E-state index contributed by atoms with van der Waals surface area (Å²) in [6, 6.07) is 21.1. The van der Waals surface area contributed by atoms with Gasteiger partial charge in [-0.05, 0) is 55.0 Å². The molecule has 0 amide bonds. The van der Waals surface area contributed by atoms with Gasteiger partial charge >= 0.3 is 5.97 Å². The molecule has 0 aliphatic carbocycles. The summed E-state index contributed by atoms with van der Waals surface area (Å²) in [7, 11) is 1.57. The van der Waals surface area contributed by atoms with E-state index in [1.54, 1.807) is 61.7 Å². The number of hydrogen-bond acceptors (Lipinski definition) is 4. The highest BCUT2D eigenvalue weighted by Gasteiger charge is 2.08. The first-order valence-corrected chi connectivity index (χ1v) is 8.80. The highest BCUT2D eigenvalue weighted by atomic mass is 16.5. The molecule has 3 rings (SSSR count). The summed E-state index contributed by atoms with van der Waals surface area (Å²) in [6.45, 7) is 1.98. The Bertz CT molecular complexity index is 982. The van der Waals surface area contributed by atoms with E-state index in [4.69, 9.17) is 9.47 Å². The molecule has 3 aromatic carbocycles. The number of rotatable bonds is 6. The second-order valence-corrected chi connectivity index (χ2v) is 6.25. The van der Waals surface area contributed by atoms with Crippen LogP contribution in [0.5, 0.6) is 11.5 Å². The number of carbonyl (C=O) groups excluding carboxylic acids is 2. The van der Waals surface area contributed by atoms with E-state index in [1.807, 2.05) is 31.2 Å². The monoisotopic (exact) mass is 372 g/mol. The van der Waals surface area contributed by atoms with Crippen LogP contribution in [0.15, 0.2) is 78.9 Å². The second-order valence-electron chi connectivity index (χ2n) is 6.25. The zero-order valence-corrected chi connectivity index (χ0v) is 15.7. The van der Waals surface area contributed by atoms with Gasteiger partial charge in [0.25, 0.3) is 0 Å². The van der Waals surface area contributed by atoms with Crippen LogP contribution in [0.2, 0.25) is 0 Å². The topological polar surface area (TPSA) is 52.6 Å². The van der Waals surface area contributed by atoms with Crippen molar-refractivity contribution in [2.24, 2.45) is 0 Å². The van der Waals surface area contributed by atoms with Crippen LogP contribution in [0.25, 0.3) is 6.08 Å². The standard InChI is InChI=1S/C24H20O4/c1-17-3-8-19(9-4-17)23(25)16-7-18-5-12-22(13-6-18)28-24(26)20-10-14-21(27-2)15-11-20/h3-16H,1-2H3. The van der Waals surface area contributed by atoms with Gasteiger partial charge in [0.2, 0.25) is 0 Å². The SMILES string of the molecule is COc1ccc(C(=O)Oc2ccc(C=CC(=O)c3ccc(C)cc3)cc2)cc1. The average Bonchev–Trinajstić information content (AvgIpc) is 2.73. The molecule has 0 spiro atoms. The molecule has 0 radical (unpaired) electrons. The maximum atomic E-state index is 12.2. The third kappa shape index (κ3) is 4.95. The molecule has 4 nitrogen and oxygen atoms in total. The van der Waals surface area contributed by atoms with E-state index in [0.717, 1.165) is 11.1 Å². The van der Waals surface area contributed by atoms with Crippen LogP contribution in [0, 0.1) is 6.92 Å². The van der Waals surface area contributed by atoms with Gasteiger partial charge in [-0.3, -0.25) is 4.79 Å². The van der Waals surface area contributed by atoms with Gasteiger partial charge in [-0.25, -0.2) is 4.79 Å². The number of allylic oxidation sites excluding steroid dienone is 1. The van der Waals surface area contributed by atoms with Crippen LogP contribution >= 0.6 is 0 Å². The molecule has 0 saturated heterocycles. The van der Waals surface area contributed by atoms with Gasteiger partial charge < -0.3 is 9.47 Å². The molecular formula is C24H20O4. The van der Waals surface area contributed by atoms with Gasteiger partial charge in [-0.1, -0.05) is 48.0 Å². The molecule has 3 aromatic rings. The summed E-state index contributed by atoms with van der Waals surface area (Å²) in [5.41, 5.74) is 3.03. The third-order valence-corrected chi connectivity index (χ3v) is 4.18. The maximum Gasteiger partial charge on any atom is 0.343 e. The first kappa shape index (κ1) is 19.1. The molecular weight excluding hydrogens is 352 g/mol. The lowest BCUT2D eigenvalue weighted by Gasteiger charge is -2.05. The van der Waals surface area contributed by atoms with Gasteiger partial charge in [-0.15, -0.1) is 0 Å². The van der Waals surface area contributed by atoms with Gasteiger partial charge in [0.1, 0.15) is 11.5 Å². The fraction of sp³-hybridized carbons (Fsp3) is 0.0833. The quantitative estimate of drug-likeness (QED) is 0.261. The smallest absolute Gasteiger partial charge is 0.343 e. The third-order valence-electron chi connectivity index (χ3n) is 4.18. The van der Waals surface area contributed by atoms with Crippen LogP contribution in [0.1, 0.15) is 31.8 Å². The number of ether oxygens (including phenoxy) is 2. The molecule has 0 heterocycles. The fourth-order valence-corrected chi connectivity index (χ4v) is 2.53. The predicted molar refractivity (Wildman–Crippen MR) is 109 cm³/mol. The number of esters is 1. The first-order chi connectivity index (χ1) is 13.5. The van der Waals surface area contributed by atoms with E-state index in [-0.39, 0.29) is 5.78 Å². The minimum atomic E-state index is -0.444. The normalized spacial score (nSPS) is 10.6. The number of benzene rings is 3. The van der Waals surface area contributed by atoms with Crippen LogP contribution in [-0.4, -0.2) is 18.9 Å². The van der Waals surface area contributed by atoms with Crippen LogP contribution < -0.4 is 9.47 Å². The molecule has 0 saturated carbocycles. The van der Waals surface area contributed by atoms with Crippen molar-refractivity contribution in [2.45, 2.75) is 6.92 Å². The van der Waals surface area contributed by atoms with Crippen molar-refractivity contribution in [2.75, 3.05) is 7.11 Å². The molecule has 0 unspecified atom stereocenters. The van der Waals surface area contributed by atoms with Gasteiger partial charge in [-0.2, -0.15) is 0 Å². The van der Waals surface area contributed by atoms with Crippen molar-refractivity contribution in [3.05, 3.63) is 101 Å². The molecule has 0 aliphatic rings. The largest absolute Gasteiger partial charge is 0.497 e. The number of methoxy groups -OCH3 is 1. The van der Waals surface area contributed by atoms with E-state index in [2.05, 4.69) is 0 Å². The Morgan fingerprint density at radius 1 is 0.750 bits per heavy atom. The minimum Gasteiger partial charge on any atom is -0.497 e. The van der Waals surface area contributed by atoms with E-state index in [1.165, 1.54) is 6.08 Å². The molecule has 140 valence electrons. The summed E-state index contributed by atoms with van der Waals surface area (Å²) in [5, 5.41) is 0. The van der Waals surface area contributed by atoms with Crippen molar-refractivity contribution in [1.29, 1.82) is 0 Å². The van der Waals surface area contributed by atoms with Crippen molar-refractivity contribution in [3.63, 3.8) is 0 Å². The number of aryl methyl sites for hydroxylation is 1. The summed E-state index contributed by atoms with van der Waals surface area (Å²) < 4.78 is 10.4. The molecule has 0 fully saturated rings. The molecule has 4 heteroatoms. The zero-order chi connectivity index (χ0) is 19.9. The molecule has 0 atom stereocenters. The highest BCUT2D eigenvalue weighted by molar-refractivity contribution is 6.06. The lowest BCUT2D eigenvalue weighted by atomic mass is 10.1. The molecule has 0 N–H and O–H groups in total. The van der Waals surface area contributed by atoms with Crippen LogP contribution in [-0.2, 0) is 0 Å². The van der Waals surface area contributed by atoms with E-state index >= 15 is 0 Å². The fourth-order valence-electron chi connectivity index (χ4n) is 2.53. The molecule has 28 heavy (non-hydrogen) atoms. The number of ketones is 1. The Hall–Kier alpha value is -3.66. The predicted octanol–water partition coefficient (Wildman–Crippen LogP) is 5.12. The molecule has 0 bridgehead atoms. The van der Waals surface area contributed by atoms with Crippen molar-refractivity contribution < 1.29 is 19.1 Å². The van der Waals surface area contributed by atoms with E-state index in [9.17, 15) is 9.59 Å². The van der Waals surface area contributed by atoms with Gasteiger partial charge in [0.15, 0.2) is 5.78 Å². The lowest BCUT2D eigenvalue weighted by Crippen LogP contribution is -2.08. The van der Waals surface area contributed by atoms with Crippen LogP contribution in [0.3, 0.4) is 0 Å².